The van der Waals surface area contributed by atoms with E-state index in [2.05, 4.69) is 12.2 Å². The van der Waals surface area contributed by atoms with Crippen LogP contribution in [0.2, 0.25) is 0 Å². The monoisotopic (exact) mass is 289 g/mol. The Morgan fingerprint density at radius 2 is 1.75 bits per heavy atom. The molecule has 0 rings (SSSR count). The third-order valence-electron chi connectivity index (χ3n) is 3.10. The van der Waals surface area contributed by atoms with E-state index >= 15 is 0 Å². The van der Waals surface area contributed by atoms with Gasteiger partial charge in [0.1, 0.15) is 5.60 Å². The van der Waals surface area contributed by atoms with E-state index in [1.807, 2.05) is 27.7 Å². The van der Waals surface area contributed by atoms with Crippen molar-refractivity contribution in [2.24, 2.45) is 5.92 Å². The number of amides is 1. The van der Waals surface area contributed by atoms with Crippen LogP contribution >= 0.6 is 0 Å². The molecule has 0 unspecified atom stereocenters. The molecule has 0 spiro atoms. The first-order valence-electron chi connectivity index (χ1n) is 7.80. The molecule has 0 radical (unpaired) electrons. The molecule has 0 fully saturated rings. The van der Waals surface area contributed by atoms with Gasteiger partial charge in [-0.25, -0.2) is 4.79 Å². The standard InChI is InChI=1S/C16H32FNO2/c1-13(10-8-6-7-9-11-17)12-14(2)18-15(19)20-16(3,4)5/h13-14H,6-12H2,1-5H3,(H,18,19)/t13-,14-/m0/s1. The van der Waals surface area contributed by atoms with Gasteiger partial charge < -0.3 is 10.1 Å². The van der Waals surface area contributed by atoms with Gasteiger partial charge in [0, 0.05) is 6.04 Å². The fraction of sp³-hybridized carbons (Fsp3) is 0.938. The zero-order chi connectivity index (χ0) is 15.6. The van der Waals surface area contributed by atoms with Crippen LogP contribution < -0.4 is 5.32 Å². The third kappa shape index (κ3) is 12.2. The normalized spacial score (nSPS) is 14.7. The van der Waals surface area contributed by atoms with Crippen LogP contribution in [0.5, 0.6) is 0 Å². The van der Waals surface area contributed by atoms with E-state index in [1.165, 1.54) is 0 Å². The average Bonchev–Trinajstić information content (AvgIpc) is 2.25. The maximum absolute atomic E-state index is 11.9. The fourth-order valence-corrected chi connectivity index (χ4v) is 2.23. The van der Waals surface area contributed by atoms with E-state index in [4.69, 9.17) is 4.74 Å². The number of hydrogen-bond acceptors (Lipinski definition) is 2. The first-order valence-corrected chi connectivity index (χ1v) is 7.80. The molecule has 0 saturated carbocycles. The van der Waals surface area contributed by atoms with E-state index in [-0.39, 0.29) is 18.8 Å². The maximum atomic E-state index is 11.9. The van der Waals surface area contributed by atoms with Crippen LogP contribution in [0.3, 0.4) is 0 Å². The molecule has 1 N–H and O–H groups in total. The molecule has 0 aromatic rings. The first kappa shape index (κ1) is 19.2. The minimum absolute atomic E-state index is 0.116. The molecule has 120 valence electrons. The second-order valence-electron chi connectivity index (χ2n) is 6.78. The van der Waals surface area contributed by atoms with Gasteiger partial charge in [0.05, 0.1) is 6.67 Å². The summed E-state index contributed by atoms with van der Waals surface area (Å²) in [5.74, 6) is 0.560. The highest BCUT2D eigenvalue weighted by atomic mass is 19.1. The Labute approximate surface area is 123 Å². The van der Waals surface area contributed by atoms with Crippen molar-refractivity contribution in [3.8, 4) is 0 Å². The lowest BCUT2D eigenvalue weighted by atomic mass is 9.96. The Morgan fingerprint density at radius 1 is 1.15 bits per heavy atom. The summed E-state index contributed by atoms with van der Waals surface area (Å²) in [6.07, 6.45) is 5.64. The van der Waals surface area contributed by atoms with Gasteiger partial charge in [0.2, 0.25) is 0 Å². The zero-order valence-electron chi connectivity index (χ0n) is 13.8. The molecule has 4 heteroatoms. The molecular formula is C16H32FNO2. The number of ether oxygens (including phenoxy) is 1. The van der Waals surface area contributed by atoms with Crippen molar-refractivity contribution in [2.45, 2.75) is 84.8 Å². The molecule has 3 nitrogen and oxygen atoms in total. The molecule has 0 aliphatic carbocycles. The smallest absolute Gasteiger partial charge is 0.407 e. The summed E-state index contributed by atoms with van der Waals surface area (Å²) in [7, 11) is 0. The molecule has 0 aromatic heterocycles. The lowest BCUT2D eigenvalue weighted by molar-refractivity contribution is 0.0502. The minimum Gasteiger partial charge on any atom is -0.444 e. The lowest BCUT2D eigenvalue weighted by Crippen LogP contribution is -2.38. The van der Waals surface area contributed by atoms with Gasteiger partial charge in [-0.3, -0.25) is 4.39 Å². The predicted molar refractivity (Wildman–Crippen MR) is 81.7 cm³/mol. The molecular weight excluding hydrogens is 257 g/mol. The van der Waals surface area contributed by atoms with E-state index in [9.17, 15) is 9.18 Å². The van der Waals surface area contributed by atoms with Crippen LogP contribution in [0.15, 0.2) is 0 Å². The first-order chi connectivity index (χ1) is 9.24. The number of unbranched alkanes of at least 4 members (excludes halogenated alkanes) is 3. The zero-order valence-corrected chi connectivity index (χ0v) is 13.8. The quantitative estimate of drug-likeness (QED) is 0.616. The predicted octanol–water partition coefficient (Wildman–Crippen LogP) is 4.85. The van der Waals surface area contributed by atoms with Crippen LogP contribution in [-0.2, 0) is 4.74 Å². The lowest BCUT2D eigenvalue weighted by Gasteiger charge is -2.23. The summed E-state index contributed by atoms with van der Waals surface area (Å²) >= 11 is 0. The van der Waals surface area contributed by atoms with E-state index in [1.54, 1.807) is 0 Å². The summed E-state index contributed by atoms with van der Waals surface area (Å²) < 4.78 is 17.2. The van der Waals surface area contributed by atoms with E-state index < -0.39 is 5.60 Å². The molecule has 0 aliphatic rings. The Kier molecular flexibility index (Phi) is 9.60. The van der Waals surface area contributed by atoms with E-state index in [0.29, 0.717) is 12.3 Å². The summed E-state index contributed by atoms with van der Waals surface area (Å²) in [6, 6.07) is 0.116. The van der Waals surface area contributed by atoms with Gasteiger partial charge in [0.15, 0.2) is 0 Å². The van der Waals surface area contributed by atoms with Crippen LogP contribution in [0, 0.1) is 5.92 Å². The molecule has 0 aliphatic heterocycles. The molecule has 0 aromatic carbocycles. The van der Waals surface area contributed by atoms with Crippen molar-refractivity contribution in [2.75, 3.05) is 6.67 Å². The van der Waals surface area contributed by atoms with Crippen molar-refractivity contribution in [1.29, 1.82) is 0 Å². The number of carbonyl (C=O) groups is 1. The summed E-state index contributed by atoms with van der Waals surface area (Å²) in [5, 5.41) is 2.87. The molecule has 1 amide bonds. The van der Waals surface area contributed by atoms with Crippen LogP contribution in [0.1, 0.15) is 73.1 Å². The van der Waals surface area contributed by atoms with Crippen LogP contribution in [0.25, 0.3) is 0 Å². The molecule has 0 bridgehead atoms. The van der Waals surface area contributed by atoms with E-state index in [0.717, 1.165) is 32.1 Å². The van der Waals surface area contributed by atoms with Crippen molar-refractivity contribution in [3.63, 3.8) is 0 Å². The largest absolute Gasteiger partial charge is 0.444 e. The Balaban J connectivity index is 3.73. The topological polar surface area (TPSA) is 38.3 Å². The van der Waals surface area contributed by atoms with Crippen LogP contribution in [0.4, 0.5) is 9.18 Å². The second kappa shape index (κ2) is 10.0. The van der Waals surface area contributed by atoms with Gasteiger partial charge in [-0.2, -0.15) is 0 Å². The van der Waals surface area contributed by atoms with Crippen molar-refractivity contribution >= 4 is 6.09 Å². The van der Waals surface area contributed by atoms with Gasteiger partial charge in [-0.1, -0.05) is 32.6 Å². The number of hydrogen-bond donors (Lipinski definition) is 1. The van der Waals surface area contributed by atoms with Gasteiger partial charge in [0.25, 0.3) is 0 Å². The van der Waals surface area contributed by atoms with Crippen LogP contribution in [-0.4, -0.2) is 24.4 Å². The highest BCUT2D eigenvalue weighted by Gasteiger charge is 2.18. The molecule has 0 heterocycles. The van der Waals surface area contributed by atoms with Gasteiger partial charge in [-0.15, -0.1) is 0 Å². The second-order valence-corrected chi connectivity index (χ2v) is 6.78. The number of alkyl halides is 1. The summed E-state index contributed by atoms with van der Waals surface area (Å²) in [4.78, 5) is 11.6. The SMILES string of the molecule is C[C@@H](CCCCCCF)C[C@H](C)NC(=O)OC(C)(C)C. The molecule has 2 atom stereocenters. The average molecular weight is 289 g/mol. The Hall–Kier alpha value is -0.800. The number of halogens is 1. The van der Waals surface area contributed by atoms with Gasteiger partial charge >= 0.3 is 6.09 Å². The Morgan fingerprint density at radius 3 is 2.30 bits per heavy atom. The van der Waals surface area contributed by atoms with Crippen molar-refractivity contribution in [1.82, 2.24) is 5.32 Å². The number of carbonyl (C=O) groups excluding carboxylic acids is 1. The maximum Gasteiger partial charge on any atom is 0.407 e. The van der Waals surface area contributed by atoms with Crippen molar-refractivity contribution < 1.29 is 13.9 Å². The van der Waals surface area contributed by atoms with Crippen molar-refractivity contribution in [3.05, 3.63) is 0 Å². The molecule has 0 saturated heterocycles. The van der Waals surface area contributed by atoms with Gasteiger partial charge in [-0.05, 0) is 46.5 Å². The summed E-state index contributed by atoms with van der Waals surface area (Å²) in [5.41, 5.74) is -0.453. The number of rotatable bonds is 9. The highest BCUT2D eigenvalue weighted by Crippen LogP contribution is 2.16. The molecule has 20 heavy (non-hydrogen) atoms. The fourth-order valence-electron chi connectivity index (χ4n) is 2.23. The third-order valence-corrected chi connectivity index (χ3v) is 3.10. The Bertz CT molecular complexity index is 264. The number of alkyl carbamates (subject to hydrolysis) is 1. The number of nitrogens with one attached hydrogen (secondary N) is 1. The highest BCUT2D eigenvalue weighted by molar-refractivity contribution is 5.67. The summed E-state index contributed by atoms with van der Waals surface area (Å²) in [6.45, 7) is 9.57. The minimum atomic E-state index is -0.453.